The van der Waals surface area contributed by atoms with E-state index in [2.05, 4.69) is 25.7 Å². The van der Waals surface area contributed by atoms with E-state index in [0.29, 0.717) is 12.1 Å². The Morgan fingerprint density at radius 2 is 2.14 bits per heavy atom. The summed E-state index contributed by atoms with van der Waals surface area (Å²) in [6.45, 7) is 9.39. The quantitative estimate of drug-likeness (QED) is 0.750. The maximum absolute atomic E-state index is 5.94. The van der Waals surface area contributed by atoms with Gasteiger partial charge < -0.3 is 10.6 Å². The van der Waals surface area contributed by atoms with Crippen molar-refractivity contribution in [3.63, 3.8) is 0 Å². The van der Waals surface area contributed by atoms with Crippen LogP contribution in [0.1, 0.15) is 46.5 Å². The van der Waals surface area contributed by atoms with E-state index in [-0.39, 0.29) is 0 Å². The standard InChI is InChI=1S/C12H26N2/c1-10(2)5-4-7-14-8-6-12(13)9-11(14)3/h10-12H,4-9,13H2,1-3H3. The van der Waals surface area contributed by atoms with E-state index >= 15 is 0 Å². The molecule has 0 radical (unpaired) electrons. The monoisotopic (exact) mass is 198 g/mol. The smallest absolute Gasteiger partial charge is 0.00816 e. The van der Waals surface area contributed by atoms with Gasteiger partial charge in [-0.05, 0) is 51.6 Å². The summed E-state index contributed by atoms with van der Waals surface area (Å²) in [6, 6.07) is 1.15. The minimum absolute atomic E-state index is 0.450. The molecule has 1 heterocycles. The van der Waals surface area contributed by atoms with Gasteiger partial charge in [-0.3, -0.25) is 0 Å². The zero-order valence-corrected chi connectivity index (χ0v) is 10.00. The number of likely N-dealkylation sites (tertiary alicyclic amines) is 1. The van der Waals surface area contributed by atoms with Gasteiger partial charge in [0.1, 0.15) is 0 Å². The van der Waals surface area contributed by atoms with Crippen LogP contribution in [0.5, 0.6) is 0 Å². The fraction of sp³-hybridized carbons (Fsp3) is 1.00. The van der Waals surface area contributed by atoms with E-state index in [1.54, 1.807) is 0 Å². The first-order valence-corrected chi connectivity index (χ1v) is 6.09. The van der Waals surface area contributed by atoms with Gasteiger partial charge in [-0.1, -0.05) is 13.8 Å². The predicted octanol–water partition coefficient (Wildman–Crippen LogP) is 2.23. The Hall–Kier alpha value is -0.0800. The first-order valence-electron chi connectivity index (χ1n) is 6.09. The molecule has 2 atom stereocenters. The number of piperidine rings is 1. The molecule has 0 aromatic carbocycles. The highest BCUT2D eigenvalue weighted by Crippen LogP contribution is 2.17. The lowest BCUT2D eigenvalue weighted by molar-refractivity contribution is 0.143. The topological polar surface area (TPSA) is 29.3 Å². The van der Waals surface area contributed by atoms with Crippen LogP contribution < -0.4 is 5.73 Å². The summed E-state index contributed by atoms with van der Waals surface area (Å²) in [6.07, 6.45) is 5.07. The van der Waals surface area contributed by atoms with Gasteiger partial charge in [0.25, 0.3) is 0 Å². The van der Waals surface area contributed by atoms with Crippen molar-refractivity contribution in [2.24, 2.45) is 11.7 Å². The van der Waals surface area contributed by atoms with Gasteiger partial charge in [0.05, 0.1) is 0 Å². The van der Waals surface area contributed by atoms with E-state index < -0.39 is 0 Å². The van der Waals surface area contributed by atoms with Crippen molar-refractivity contribution in [3.8, 4) is 0 Å². The molecule has 84 valence electrons. The Bertz CT molecular complexity index is 156. The number of rotatable bonds is 4. The molecule has 0 aliphatic carbocycles. The molecule has 1 saturated heterocycles. The van der Waals surface area contributed by atoms with E-state index in [0.717, 1.165) is 5.92 Å². The molecule has 0 aromatic heterocycles. The number of nitrogens with two attached hydrogens (primary N) is 1. The van der Waals surface area contributed by atoms with Crippen LogP contribution in [0.25, 0.3) is 0 Å². The van der Waals surface area contributed by atoms with Crippen LogP contribution in [-0.2, 0) is 0 Å². The number of hydrogen-bond acceptors (Lipinski definition) is 2. The second-order valence-electron chi connectivity index (χ2n) is 5.21. The molecule has 2 heteroatoms. The van der Waals surface area contributed by atoms with Crippen LogP contribution in [-0.4, -0.2) is 30.1 Å². The minimum atomic E-state index is 0.450. The van der Waals surface area contributed by atoms with E-state index in [1.807, 2.05) is 0 Å². The first-order chi connectivity index (χ1) is 6.59. The van der Waals surface area contributed by atoms with Crippen molar-refractivity contribution in [1.82, 2.24) is 4.90 Å². The van der Waals surface area contributed by atoms with Crippen molar-refractivity contribution in [1.29, 1.82) is 0 Å². The fourth-order valence-electron chi connectivity index (χ4n) is 2.29. The Kier molecular flexibility index (Phi) is 4.90. The summed E-state index contributed by atoms with van der Waals surface area (Å²) in [4.78, 5) is 2.60. The molecule has 1 aliphatic rings. The lowest BCUT2D eigenvalue weighted by Crippen LogP contribution is -2.45. The molecule has 0 saturated carbocycles. The molecule has 14 heavy (non-hydrogen) atoms. The third kappa shape index (κ3) is 3.97. The number of nitrogens with zero attached hydrogens (tertiary/aromatic N) is 1. The van der Waals surface area contributed by atoms with Crippen LogP contribution in [0.2, 0.25) is 0 Å². The average molecular weight is 198 g/mol. The van der Waals surface area contributed by atoms with E-state index in [1.165, 1.54) is 38.8 Å². The molecule has 2 unspecified atom stereocenters. The van der Waals surface area contributed by atoms with Crippen molar-refractivity contribution in [2.75, 3.05) is 13.1 Å². The summed E-state index contributed by atoms with van der Waals surface area (Å²) >= 11 is 0. The summed E-state index contributed by atoms with van der Waals surface area (Å²) in [5.74, 6) is 0.845. The SMILES string of the molecule is CC(C)CCCN1CCC(N)CC1C. The van der Waals surface area contributed by atoms with Crippen molar-refractivity contribution in [2.45, 2.75) is 58.5 Å². The highest BCUT2D eigenvalue weighted by atomic mass is 15.2. The van der Waals surface area contributed by atoms with Crippen LogP contribution in [0.15, 0.2) is 0 Å². The molecule has 1 fully saturated rings. The fourth-order valence-corrected chi connectivity index (χ4v) is 2.29. The molecule has 1 rings (SSSR count). The third-order valence-corrected chi connectivity index (χ3v) is 3.28. The molecular weight excluding hydrogens is 172 g/mol. The second-order valence-corrected chi connectivity index (χ2v) is 5.21. The van der Waals surface area contributed by atoms with Gasteiger partial charge in [0, 0.05) is 12.1 Å². The molecule has 0 aromatic rings. The molecule has 0 amide bonds. The lowest BCUT2D eigenvalue weighted by Gasteiger charge is -2.36. The lowest BCUT2D eigenvalue weighted by atomic mass is 9.98. The average Bonchev–Trinajstić information content (AvgIpc) is 2.08. The van der Waals surface area contributed by atoms with E-state index in [9.17, 15) is 0 Å². The highest BCUT2D eigenvalue weighted by Gasteiger charge is 2.22. The van der Waals surface area contributed by atoms with E-state index in [4.69, 9.17) is 5.73 Å². The van der Waals surface area contributed by atoms with Crippen LogP contribution in [0.3, 0.4) is 0 Å². The molecule has 0 bridgehead atoms. The summed E-state index contributed by atoms with van der Waals surface area (Å²) in [5.41, 5.74) is 5.94. The van der Waals surface area contributed by atoms with Gasteiger partial charge in [0.2, 0.25) is 0 Å². The van der Waals surface area contributed by atoms with Crippen molar-refractivity contribution in [3.05, 3.63) is 0 Å². The summed E-state index contributed by atoms with van der Waals surface area (Å²) < 4.78 is 0. The Balaban J connectivity index is 2.17. The number of hydrogen-bond donors (Lipinski definition) is 1. The van der Waals surface area contributed by atoms with Gasteiger partial charge >= 0.3 is 0 Å². The first kappa shape index (κ1) is 12.0. The van der Waals surface area contributed by atoms with Crippen LogP contribution in [0, 0.1) is 5.92 Å². The zero-order valence-electron chi connectivity index (χ0n) is 10.00. The van der Waals surface area contributed by atoms with Crippen LogP contribution >= 0.6 is 0 Å². The highest BCUT2D eigenvalue weighted by molar-refractivity contribution is 4.80. The second kappa shape index (κ2) is 5.72. The van der Waals surface area contributed by atoms with Crippen molar-refractivity contribution >= 4 is 0 Å². The minimum Gasteiger partial charge on any atom is -0.328 e. The summed E-state index contributed by atoms with van der Waals surface area (Å²) in [5, 5.41) is 0. The Labute approximate surface area is 88.8 Å². The largest absolute Gasteiger partial charge is 0.328 e. The van der Waals surface area contributed by atoms with Crippen LogP contribution in [0.4, 0.5) is 0 Å². The molecule has 1 aliphatic heterocycles. The predicted molar refractivity (Wildman–Crippen MR) is 62.3 cm³/mol. The van der Waals surface area contributed by atoms with Crippen molar-refractivity contribution < 1.29 is 0 Å². The molecule has 2 N–H and O–H groups in total. The Morgan fingerprint density at radius 1 is 1.43 bits per heavy atom. The van der Waals surface area contributed by atoms with Gasteiger partial charge in [-0.25, -0.2) is 0 Å². The summed E-state index contributed by atoms with van der Waals surface area (Å²) in [7, 11) is 0. The van der Waals surface area contributed by atoms with Gasteiger partial charge in [-0.2, -0.15) is 0 Å². The molecule has 0 spiro atoms. The third-order valence-electron chi connectivity index (χ3n) is 3.28. The molecular formula is C12H26N2. The maximum atomic E-state index is 5.94. The Morgan fingerprint density at radius 3 is 2.71 bits per heavy atom. The maximum Gasteiger partial charge on any atom is 0.00816 e. The normalized spacial score (nSPS) is 29.8. The molecule has 2 nitrogen and oxygen atoms in total. The zero-order chi connectivity index (χ0) is 10.6. The van der Waals surface area contributed by atoms with Gasteiger partial charge in [0.15, 0.2) is 0 Å². The van der Waals surface area contributed by atoms with Gasteiger partial charge in [-0.15, -0.1) is 0 Å².